The van der Waals surface area contributed by atoms with Crippen molar-refractivity contribution in [3.63, 3.8) is 0 Å². The Hall–Kier alpha value is -2.75. The van der Waals surface area contributed by atoms with Crippen LogP contribution in [0.2, 0.25) is 0 Å². The maximum atomic E-state index is 12.8. The summed E-state index contributed by atoms with van der Waals surface area (Å²) in [6.45, 7) is 11.9. The number of ketones is 1. The van der Waals surface area contributed by atoms with Crippen molar-refractivity contribution in [2.24, 2.45) is 0 Å². The third kappa shape index (κ3) is 6.12. The number of rotatable bonds is 10. The van der Waals surface area contributed by atoms with Crippen LogP contribution in [-0.4, -0.2) is 26.0 Å². The molecule has 0 unspecified atom stereocenters. The van der Waals surface area contributed by atoms with Crippen molar-refractivity contribution >= 4 is 17.5 Å². The van der Waals surface area contributed by atoms with Gasteiger partial charge in [-0.1, -0.05) is 40.7 Å². The van der Waals surface area contributed by atoms with E-state index in [1.807, 2.05) is 43.5 Å². The molecule has 0 heterocycles. The molecule has 0 aromatic heterocycles. The fourth-order valence-electron chi connectivity index (χ4n) is 3.08. The minimum absolute atomic E-state index is 0.0540. The molecule has 0 atom stereocenters. The molecule has 0 amide bonds. The Balaban J connectivity index is 2.49. The van der Waals surface area contributed by atoms with Crippen molar-refractivity contribution in [2.45, 2.75) is 52.9 Å². The molecule has 0 spiro atoms. The lowest BCUT2D eigenvalue weighted by molar-refractivity contribution is 0.104. The van der Waals surface area contributed by atoms with E-state index in [2.05, 4.69) is 46.0 Å². The fourth-order valence-corrected chi connectivity index (χ4v) is 3.08. The molecule has 2 aromatic carbocycles. The molecule has 4 nitrogen and oxygen atoms in total. The molecule has 0 bridgehead atoms. The first-order valence-electron chi connectivity index (χ1n) is 10.7. The van der Waals surface area contributed by atoms with E-state index >= 15 is 0 Å². The van der Waals surface area contributed by atoms with Crippen molar-refractivity contribution in [1.82, 2.24) is 0 Å². The summed E-state index contributed by atoms with van der Waals surface area (Å²) >= 11 is 0. The SMILES string of the molecule is CCCOc1ccc(C(C)(C)C)c(OCCC)c1C=CC(=O)c1ccc(NC)cc1. The first-order valence-corrected chi connectivity index (χ1v) is 10.7. The van der Waals surface area contributed by atoms with E-state index in [0.717, 1.165) is 41.2 Å². The van der Waals surface area contributed by atoms with Gasteiger partial charge in [0.05, 0.1) is 18.8 Å². The average Bonchev–Trinajstić information content (AvgIpc) is 2.73. The number of anilines is 1. The van der Waals surface area contributed by atoms with Gasteiger partial charge in [0.1, 0.15) is 11.5 Å². The van der Waals surface area contributed by atoms with E-state index < -0.39 is 0 Å². The smallest absolute Gasteiger partial charge is 0.185 e. The van der Waals surface area contributed by atoms with Gasteiger partial charge in [0.2, 0.25) is 0 Å². The van der Waals surface area contributed by atoms with Crippen LogP contribution >= 0.6 is 0 Å². The molecule has 0 aliphatic rings. The van der Waals surface area contributed by atoms with Crippen molar-refractivity contribution < 1.29 is 14.3 Å². The van der Waals surface area contributed by atoms with Crippen molar-refractivity contribution in [3.8, 4) is 11.5 Å². The maximum absolute atomic E-state index is 12.8. The van der Waals surface area contributed by atoms with Crippen LogP contribution in [0.15, 0.2) is 42.5 Å². The molecular weight excluding hydrogens is 374 g/mol. The lowest BCUT2D eigenvalue weighted by Crippen LogP contribution is -2.15. The highest BCUT2D eigenvalue weighted by molar-refractivity contribution is 6.07. The third-order valence-electron chi connectivity index (χ3n) is 4.74. The molecule has 0 fully saturated rings. The van der Waals surface area contributed by atoms with Crippen LogP contribution in [0.4, 0.5) is 5.69 Å². The largest absolute Gasteiger partial charge is 0.493 e. The summed E-state index contributed by atoms with van der Waals surface area (Å²) in [4.78, 5) is 12.8. The van der Waals surface area contributed by atoms with Gasteiger partial charge in [-0.05, 0) is 60.7 Å². The second kappa shape index (κ2) is 10.9. The number of hydrogen-bond acceptors (Lipinski definition) is 4. The van der Waals surface area contributed by atoms with E-state index in [4.69, 9.17) is 9.47 Å². The van der Waals surface area contributed by atoms with Crippen LogP contribution in [0.1, 0.15) is 68.9 Å². The molecule has 2 aromatic rings. The average molecular weight is 410 g/mol. The minimum atomic E-state index is -0.0953. The first kappa shape index (κ1) is 23.5. The fraction of sp³-hybridized carbons (Fsp3) is 0.423. The number of hydrogen-bond donors (Lipinski definition) is 1. The zero-order valence-corrected chi connectivity index (χ0v) is 19.2. The Morgan fingerprint density at radius 1 is 0.967 bits per heavy atom. The van der Waals surface area contributed by atoms with Gasteiger partial charge >= 0.3 is 0 Å². The standard InChI is InChI=1S/C26H35NO3/c1-7-17-29-24-16-14-22(26(3,4)5)25(30-18-8-2)21(24)13-15-23(28)19-9-11-20(27-6)12-10-19/h9-16,27H,7-8,17-18H2,1-6H3. The molecule has 2 rings (SSSR count). The number of nitrogens with one attached hydrogen (secondary N) is 1. The Morgan fingerprint density at radius 3 is 2.17 bits per heavy atom. The van der Waals surface area contributed by atoms with Gasteiger partial charge in [-0.25, -0.2) is 0 Å². The van der Waals surface area contributed by atoms with E-state index in [-0.39, 0.29) is 11.2 Å². The Labute approximate surface area is 181 Å². The van der Waals surface area contributed by atoms with E-state index in [9.17, 15) is 4.79 Å². The molecule has 1 N–H and O–H groups in total. The number of allylic oxidation sites excluding steroid dienone is 1. The highest BCUT2D eigenvalue weighted by atomic mass is 16.5. The summed E-state index contributed by atoms with van der Waals surface area (Å²) in [7, 11) is 1.86. The second-order valence-electron chi connectivity index (χ2n) is 8.33. The molecular formula is C26H35NO3. The van der Waals surface area contributed by atoms with Gasteiger partial charge in [0, 0.05) is 23.9 Å². The summed E-state index contributed by atoms with van der Waals surface area (Å²) in [6, 6.07) is 11.5. The lowest BCUT2D eigenvalue weighted by Gasteiger charge is -2.25. The Morgan fingerprint density at radius 2 is 1.60 bits per heavy atom. The highest BCUT2D eigenvalue weighted by Crippen LogP contribution is 2.40. The van der Waals surface area contributed by atoms with Crippen molar-refractivity contribution in [2.75, 3.05) is 25.6 Å². The van der Waals surface area contributed by atoms with Gasteiger partial charge < -0.3 is 14.8 Å². The highest BCUT2D eigenvalue weighted by Gasteiger charge is 2.23. The zero-order chi connectivity index (χ0) is 22.1. The zero-order valence-electron chi connectivity index (χ0n) is 19.2. The van der Waals surface area contributed by atoms with E-state index in [0.29, 0.717) is 18.8 Å². The van der Waals surface area contributed by atoms with Crippen LogP contribution in [0.25, 0.3) is 6.08 Å². The summed E-state index contributed by atoms with van der Waals surface area (Å²) in [6.07, 6.45) is 5.25. The normalized spacial score (nSPS) is 11.5. The quantitative estimate of drug-likeness (QED) is 0.359. The molecule has 0 saturated heterocycles. The van der Waals surface area contributed by atoms with Gasteiger partial charge in [0.15, 0.2) is 5.78 Å². The Bertz CT molecular complexity index is 861. The van der Waals surface area contributed by atoms with Crippen LogP contribution in [0.3, 0.4) is 0 Å². The molecule has 4 heteroatoms. The molecule has 30 heavy (non-hydrogen) atoms. The molecule has 0 saturated carbocycles. The number of carbonyl (C=O) groups is 1. The summed E-state index contributed by atoms with van der Waals surface area (Å²) in [5.41, 5.74) is 3.44. The van der Waals surface area contributed by atoms with E-state index in [1.165, 1.54) is 0 Å². The van der Waals surface area contributed by atoms with Crippen LogP contribution < -0.4 is 14.8 Å². The summed E-state index contributed by atoms with van der Waals surface area (Å²) in [5.74, 6) is 1.49. The number of benzene rings is 2. The number of carbonyl (C=O) groups excluding carboxylic acids is 1. The molecule has 0 aliphatic heterocycles. The van der Waals surface area contributed by atoms with Crippen LogP contribution in [-0.2, 0) is 5.41 Å². The Kier molecular flexibility index (Phi) is 8.52. The molecule has 0 aliphatic carbocycles. The van der Waals surface area contributed by atoms with Gasteiger partial charge in [-0.3, -0.25) is 4.79 Å². The van der Waals surface area contributed by atoms with Crippen LogP contribution in [0.5, 0.6) is 11.5 Å². The maximum Gasteiger partial charge on any atom is 0.185 e. The van der Waals surface area contributed by atoms with Gasteiger partial charge in [0.25, 0.3) is 0 Å². The van der Waals surface area contributed by atoms with Crippen molar-refractivity contribution in [3.05, 3.63) is 59.2 Å². The lowest BCUT2D eigenvalue weighted by atomic mass is 9.84. The van der Waals surface area contributed by atoms with Crippen molar-refractivity contribution in [1.29, 1.82) is 0 Å². The number of ether oxygens (including phenoxy) is 2. The monoisotopic (exact) mass is 409 g/mol. The predicted octanol–water partition coefficient (Wildman–Crippen LogP) is 6.50. The summed E-state index contributed by atoms with van der Waals surface area (Å²) in [5, 5.41) is 3.06. The summed E-state index contributed by atoms with van der Waals surface area (Å²) < 4.78 is 12.2. The predicted molar refractivity (Wildman–Crippen MR) is 126 cm³/mol. The van der Waals surface area contributed by atoms with Crippen LogP contribution in [0, 0.1) is 0 Å². The third-order valence-corrected chi connectivity index (χ3v) is 4.74. The van der Waals surface area contributed by atoms with Gasteiger partial charge in [-0.2, -0.15) is 0 Å². The minimum Gasteiger partial charge on any atom is -0.493 e. The van der Waals surface area contributed by atoms with E-state index in [1.54, 1.807) is 6.08 Å². The molecule has 0 radical (unpaired) electrons. The second-order valence-corrected chi connectivity index (χ2v) is 8.33. The first-order chi connectivity index (χ1) is 14.3. The topological polar surface area (TPSA) is 47.6 Å². The van der Waals surface area contributed by atoms with Gasteiger partial charge in [-0.15, -0.1) is 0 Å². The molecule has 162 valence electrons.